The molecule has 1 aliphatic carbocycles. The highest BCUT2D eigenvalue weighted by atomic mass is 16.3. The van der Waals surface area contributed by atoms with Gasteiger partial charge >= 0.3 is 0 Å². The number of pyridine rings is 1. The third kappa shape index (κ3) is 7.02. The predicted molar refractivity (Wildman–Crippen MR) is 157 cm³/mol. The summed E-state index contributed by atoms with van der Waals surface area (Å²) in [5.41, 5.74) is 6.56. The number of hydrogen-bond donors (Lipinski definition) is 5. The summed E-state index contributed by atoms with van der Waals surface area (Å²) in [5.74, 6) is -0.331. The molecule has 8 heteroatoms. The van der Waals surface area contributed by atoms with Gasteiger partial charge < -0.3 is 26.1 Å². The molecule has 1 aromatic heterocycles. The van der Waals surface area contributed by atoms with Crippen LogP contribution in [0.1, 0.15) is 64.0 Å². The van der Waals surface area contributed by atoms with Crippen LogP contribution in [0.4, 0.5) is 5.69 Å². The first-order chi connectivity index (χ1) is 18.8. The molecule has 206 valence electrons. The van der Waals surface area contributed by atoms with Gasteiger partial charge in [-0.25, -0.2) is 0 Å². The van der Waals surface area contributed by atoms with Gasteiger partial charge in [0.2, 0.25) is 0 Å². The molecule has 1 aliphatic rings. The second kappa shape index (κ2) is 12.9. The van der Waals surface area contributed by atoms with E-state index in [1.54, 1.807) is 0 Å². The number of aromatic nitrogens is 1. The Morgan fingerprint density at radius 3 is 2.62 bits per heavy atom. The van der Waals surface area contributed by atoms with E-state index in [1.165, 1.54) is 19.1 Å². The molecule has 0 unspecified atom stereocenters. The average Bonchev–Trinajstić information content (AvgIpc) is 3.41. The summed E-state index contributed by atoms with van der Waals surface area (Å²) < 4.78 is 0. The van der Waals surface area contributed by atoms with Gasteiger partial charge in [-0.15, -0.1) is 0 Å². The third-order valence-corrected chi connectivity index (χ3v) is 7.40. The molecule has 4 rings (SSSR count). The van der Waals surface area contributed by atoms with Crippen molar-refractivity contribution in [1.82, 2.24) is 15.2 Å². The fourth-order valence-electron chi connectivity index (χ4n) is 5.35. The minimum absolute atomic E-state index is 0.0972. The summed E-state index contributed by atoms with van der Waals surface area (Å²) in [4.78, 5) is 30.9. The maximum absolute atomic E-state index is 13.6. The van der Waals surface area contributed by atoms with Crippen molar-refractivity contribution in [3.8, 4) is 11.1 Å². The van der Waals surface area contributed by atoms with E-state index < -0.39 is 0 Å². The van der Waals surface area contributed by atoms with Crippen molar-refractivity contribution in [1.29, 1.82) is 5.41 Å². The molecule has 5 N–H and O–H groups in total. The molecule has 0 aliphatic heterocycles. The van der Waals surface area contributed by atoms with Crippen LogP contribution in [0.25, 0.3) is 11.1 Å². The quantitative estimate of drug-likeness (QED) is 0.236. The molecule has 0 saturated heterocycles. The molecule has 0 atom stereocenters. The summed E-state index contributed by atoms with van der Waals surface area (Å²) in [5, 5.41) is 24.0. The third-order valence-electron chi connectivity index (χ3n) is 7.40. The van der Waals surface area contributed by atoms with Crippen LogP contribution in [-0.2, 0) is 13.1 Å². The summed E-state index contributed by atoms with van der Waals surface area (Å²) in [6, 6.07) is 14.2. The Bertz CT molecular complexity index is 1390. The lowest BCUT2D eigenvalue weighted by atomic mass is 9.95. The molecule has 3 aromatic rings. The zero-order chi connectivity index (χ0) is 27.9. The molecule has 1 heterocycles. The van der Waals surface area contributed by atoms with E-state index in [9.17, 15) is 14.7 Å². The molecule has 0 spiro atoms. The van der Waals surface area contributed by atoms with E-state index in [2.05, 4.69) is 32.7 Å². The van der Waals surface area contributed by atoms with Gasteiger partial charge in [0.25, 0.3) is 11.5 Å². The van der Waals surface area contributed by atoms with Crippen LogP contribution in [0, 0.1) is 19.3 Å². The molecule has 8 nitrogen and oxygen atoms in total. The Morgan fingerprint density at radius 2 is 1.92 bits per heavy atom. The van der Waals surface area contributed by atoms with Crippen LogP contribution >= 0.6 is 0 Å². The first-order valence-corrected chi connectivity index (χ1v) is 13.6. The highest BCUT2D eigenvalue weighted by Crippen LogP contribution is 2.32. The normalized spacial score (nSPS) is 13.6. The number of aliphatic hydroxyl groups excluding tert-OH is 1. The van der Waals surface area contributed by atoms with E-state index in [0.29, 0.717) is 35.8 Å². The minimum atomic E-state index is -0.331. The van der Waals surface area contributed by atoms with Crippen molar-refractivity contribution >= 4 is 17.8 Å². The number of rotatable bonds is 11. The summed E-state index contributed by atoms with van der Waals surface area (Å²) in [7, 11) is 1.97. The van der Waals surface area contributed by atoms with Crippen molar-refractivity contribution < 1.29 is 9.90 Å². The monoisotopic (exact) mass is 529 g/mol. The smallest absolute Gasteiger partial charge is 0.253 e. The molecular formula is C31H39N5O3. The number of H-pyrrole nitrogens is 1. The molecule has 1 saturated carbocycles. The van der Waals surface area contributed by atoms with Gasteiger partial charge in [0.15, 0.2) is 0 Å². The zero-order valence-corrected chi connectivity index (χ0v) is 23.1. The fraction of sp³-hybridized carbons (Fsp3) is 0.387. The second-order valence-electron chi connectivity index (χ2n) is 10.5. The fourth-order valence-corrected chi connectivity index (χ4v) is 5.35. The van der Waals surface area contributed by atoms with Crippen molar-refractivity contribution in [3.05, 3.63) is 86.3 Å². The summed E-state index contributed by atoms with van der Waals surface area (Å²) >= 11 is 0. The van der Waals surface area contributed by atoms with Crippen LogP contribution in [0.2, 0.25) is 0 Å². The highest BCUT2D eigenvalue weighted by molar-refractivity contribution is 6.06. The molecule has 1 fully saturated rings. The predicted octanol–water partition coefficient (Wildman–Crippen LogP) is 4.37. The lowest BCUT2D eigenvalue weighted by Gasteiger charge is -2.20. The van der Waals surface area contributed by atoms with Crippen LogP contribution in [0.5, 0.6) is 0 Å². The molecule has 2 aromatic carbocycles. The lowest BCUT2D eigenvalue weighted by molar-refractivity contribution is 0.0950. The van der Waals surface area contributed by atoms with Gasteiger partial charge in [0.05, 0.1) is 12.2 Å². The summed E-state index contributed by atoms with van der Waals surface area (Å²) in [6.45, 7) is 5.17. The Kier molecular flexibility index (Phi) is 9.32. The van der Waals surface area contributed by atoms with Crippen molar-refractivity contribution in [2.24, 2.45) is 0 Å². The van der Waals surface area contributed by atoms with E-state index >= 15 is 0 Å². The first kappa shape index (κ1) is 28.3. The van der Waals surface area contributed by atoms with Gasteiger partial charge in [0, 0.05) is 54.4 Å². The minimum Gasteiger partial charge on any atom is -0.395 e. The van der Waals surface area contributed by atoms with E-state index in [-0.39, 0.29) is 24.6 Å². The SMILES string of the molecule is Cc1cc(C)c(CNC(=O)c2cc(-c3cccc(CN(C)CCO)c3)cc(NC3CCCC3)c2C=N)c(=O)[nH]1. The van der Waals surface area contributed by atoms with E-state index in [1.807, 2.05) is 51.2 Å². The number of carbonyl (C=O) groups excluding carboxylic acids is 1. The van der Waals surface area contributed by atoms with Gasteiger partial charge in [-0.1, -0.05) is 31.0 Å². The number of aliphatic hydroxyl groups is 1. The zero-order valence-electron chi connectivity index (χ0n) is 23.1. The Hall–Kier alpha value is -3.75. The Balaban J connectivity index is 1.70. The molecule has 39 heavy (non-hydrogen) atoms. The van der Waals surface area contributed by atoms with E-state index in [0.717, 1.165) is 46.5 Å². The first-order valence-electron chi connectivity index (χ1n) is 13.6. The van der Waals surface area contributed by atoms with Gasteiger partial charge in [-0.2, -0.15) is 0 Å². The van der Waals surface area contributed by atoms with Crippen LogP contribution in [-0.4, -0.2) is 53.4 Å². The van der Waals surface area contributed by atoms with Crippen molar-refractivity contribution in [2.75, 3.05) is 25.5 Å². The number of hydrogen-bond acceptors (Lipinski definition) is 6. The number of carbonyl (C=O) groups is 1. The van der Waals surface area contributed by atoms with Crippen molar-refractivity contribution in [3.63, 3.8) is 0 Å². The molecule has 1 amide bonds. The number of anilines is 1. The number of aryl methyl sites for hydroxylation is 2. The number of nitrogens with one attached hydrogen (secondary N) is 4. The molecule has 0 radical (unpaired) electrons. The standard InChI is InChI=1S/C31H39N5O3/c1-20-13-21(2)34-31(39)28(20)18-33-30(38)26-15-24(16-29(27(26)17-32)35-25-9-4-5-10-25)23-8-6-7-22(14-23)19-36(3)11-12-37/h6-8,13-17,25,32,35,37H,4-5,9-12,18-19H2,1-3H3,(H,33,38)(H,34,39). The number of aromatic amines is 1. The van der Waals surface area contributed by atoms with Gasteiger partial charge in [-0.05, 0) is 80.3 Å². The average molecular weight is 530 g/mol. The highest BCUT2D eigenvalue weighted by Gasteiger charge is 2.21. The van der Waals surface area contributed by atoms with Crippen LogP contribution in [0.15, 0.2) is 47.3 Å². The van der Waals surface area contributed by atoms with Crippen LogP contribution in [0.3, 0.4) is 0 Å². The molecule has 0 bridgehead atoms. The maximum atomic E-state index is 13.6. The molecular weight excluding hydrogens is 490 g/mol. The Morgan fingerprint density at radius 1 is 1.15 bits per heavy atom. The maximum Gasteiger partial charge on any atom is 0.253 e. The summed E-state index contributed by atoms with van der Waals surface area (Å²) in [6.07, 6.45) is 5.69. The topological polar surface area (TPSA) is 121 Å². The lowest BCUT2D eigenvalue weighted by Crippen LogP contribution is -2.29. The number of benzene rings is 2. The largest absolute Gasteiger partial charge is 0.395 e. The van der Waals surface area contributed by atoms with Gasteiger partial charge in [0.1, 0.15) is 0 Å². The number of nitrogens with zero attached hydrogens (tertiary/aromatic N) is 1. The van der Waals surface area contributed by atoms with E-state index in [4.69, 9.17) is 5.41 Å². The van der Waals surface area contributed by atoms with Crippen molar-refractivity contribution in [2.45, 2.75) is 58.7 Å². The van der Waals surface area contributed by atoms with Crippen LogP contribution < -0.4 is 16.2 Å². The van der Waals surface area contributed by atoms with Gasteiger partial charge in [-0.3, -0.25) is 14.5 Å². The Labute approximate surface area is 230 Å². The number of likely N-dealkylation sites (N-methyl/N-ethyl adjacent to an activating group) is 1. The second-order valence-corrected chi connectivity index (χ2v) is 10.5. The number of amides is 1.